The highest BCUT2D eigenvalue weighted by molar-refractivity contribution is 5.42. The number of benzene rings is 1. The molecule has 1 rings (SSSR count). The molecule has 0 fully saturated rings. The van der Waals surface area contributed by atoms with Crippen molar-refractivity contribution in [3.63, 3.8) is 0 Å². The second-order valence-electron chi connectivity index (χ2n) is 4.50. The molecule has 0 atom stereocenters. The van der Waals surface area contributed by atoms with Crippen LogP contribution in [0.1, 0.15) is 18.4 Å². The minimum absolute atomic E-state index is 0.626. The molecular formula is C15H22N2O2. The first-order chi connectivity index (χ1) is 9.21. The Morgan fingerprint density at radius 1 is 1.16 bits per heavy atom. The van der Waals surface area contributed by atoms with Crippen LogP contribution in [0, 0.1) is 11.3 Å². The van der Waals surface area contributed by atoms with Crippen molar-refractivity contribution in [1.82, 2.24) is 4.90 Å². The van der Waals surface area contributed by atoms with Crippen molar-refractivity contribution in [2.75, 3.05) is 34.4 Å². The molecule has 0 unspecified atom stereocenters. The largest absolute Gasteiger partial charge is 0.493 e. The van der Waals surface area contributed by atoms with Crippen molar-refractivity contribution in [1.29, 1.82) is 5.26 Å². The molecule has 0 heterocycles. The van der Waals surface area contributed by atoms with Crippen LogP contribution in [0.25, 0.3) is 0 Å². The lowest BCUT2D eigenvalue weighted by atomic mass is 10.1. The Labute approximate surface area is 115 Å². The summed E-state index contributed by atoms with van der Waals surface area (Å²) in [5, 5.41) is 8.50. The first-order valence-corrected chi connectivity index (χ1v) is 6.47. The Balaban J connectivity index is 2.47. The van der Waals surface area contributed by atoms with E-state index >= 15 is 0 Å². The van der Waals surface area contributed by atoms with Crippen LogP contribution >= 0.6 is 0 Å². The molecule has 4 nitrogen and oxygen atoms in total. The molecule has 19 heavy (non-hydrogen) atoms. The van der Waals surface area contributed by atoms with Crippen LogP contribution in [-0.2, 0) is 6.42 Å². The van der Waals surface area contributed by atoms with Gasteiger partial charge in [-0.3, -0.25) is 0 Å². The molecule has 4 heteroatoms. The molecule has 0 aromatic heterocycles. The van der Waals surface area contributed by atoms with Crippen LogP contribution in [0.4, 0.5) is 0 Å². The Bertz CT molecular complexity index is 427. The molecule has 0 aliphatic rings. The van der Waals surface area contributed by atoms with Crippen molar-refractivity contribution >= 4 is 0 Å². The van der Waals surface area contributed by atoms with E-state index in [9.17, 15) is 0 Å². The highest BCUT2D eigenvalue weighted by Crippen LogP contribution is 2.27. The summed E-state index contributed by atoms with van der Waals surface area (Å²) in [5.74, 6) is 1.53. The summed E-state index contributed by atoms with van der Waals surface area (Å²) in [6.45, 7) is 1.93. The fourth-order valence-electron chi connectivity index (χ4n) is 1.90. The van der Waals surface area contributed by atoms with E-state index in [0.29, 0.717) is 6.42 Å². The Kier molecular flexibility index (Phi) is 6.76. The van der Waals surface area contributed by atoms with Crippen molar-refractivity contribution in [2.45, 2.75) is 19.3 Å². The second-order valence-corrected chi connectivity index (χ2v) is 4.50. The number of hydrogen-bond acceptors (Lipinski definition) is 4. The van der Waals surface area contributed by atoms with Gasteiger partial charge in [-0.15, -0.1) is 0 Å². The molecule has 0 saturated heterocycles. The summed E-state index contributed by atoms with van der Waals surface area (Å²) in [6, 6.07) is 8.18. The molecule has 0 aliphatic heterocycles. The molecule has 104 valence electrons. The molecule has 0 aliphatic carbocycles. The topological polar surface area (TPSA) is 45.5 Å². The number of nitrogens with zero attached hydrogens (tertiary/aromatic N) is 2. The molecule has 0 bridgehead atoms. The van der Waals surface area contributed by atoms with Gasteiger partial charge in [0.2, 0.25) is 0 Å². The van der Waals surface area contributed by atoms with Crippen LogP contribution in [0.2, 0.25) is 0 Å². The third-order valence-electron chi connectivity index (χ3n) is 3.06. The van der Waals surface area contributed by atoms with Gasteiger partial charge in [-0.25, -0.2) is 0 Å². The summed E-state index contributed by atoms with van der Waals surface area (Å²) in [6.07, 6.45) is 2.52. The van der Waals surface area contributed by atoms with Crippen molar-refractivity contribution in [2.24, 2.45) is 0 Å². The van der Waals surface area contributed by atoms with Crippen LogP contribution in [0.3, 0.4) is 0 Å². The van der Waals surface area contributed by atoms with Gasteiger partial charge in [-0.2, -0.15) is 5.26 Å². The third kappa shape index (κ3) is 5.19. The number of methoxy groups -OCH3 is 2. The van der Waals surface area contributed by atoms with Crippen LogP contribution in [0.15, 0.2) is 18.2 Å². The van der Waals surface area contributed by atoms with Gasteiger partial charge in [0.25, 0.3) is 0 Å². The summed E-state index contributed by atoms with van der Waals surface area (Å²) in [4.78, 5) is 2.24. The van der Waals surface area contributed by atoms with Gasteiger partial charge >= 0.3 is 0 Å². The maximum atomic E-state index is 8.50. The summed E-state index contributed by atoms with van der Waals surface area (Å²) < 4.78 is 10.5. The van der Waals surface area contributed by atoms with Gasteiger partial charge in [0, 0.05) is 13.0 Å². The fraction of sp³-hybridized carbons (Fsp3) is 0.533. The molecular weight excluding hydrogens is 240 g/mol. The van der Waals surface area contributed by atoms with Gasteiger partial charge in [0.05, 0.1) is 20.3 Å². The minimum Gasteiger partial charge on any atom is -0.493 e. The van der Waals surface area contributed by atoms with Gasteiger partial charge in [-0.1, -0.05) is 6.07 Å². The molecule has 0 saturated carbocycles. The molecule has 0 radical (unpaired) electrons. The number of ether oxygens (including phenoxy) is 2. The zero-order valence-corrected chi connectivity index (χ0v) is 12.0. The lowest BCUT2D eigenvalue weighted by Gasteiger charge is -2.16. The average molecular weight is 262 g/mol. The lowest BCUT2D eigenvalue weighted by molar-refractivity contribution is 0.333. The predicted octanol–water partition coefficient (Wildman–Crippen LogP) is 2.48. The quantitative estimate of drug-likeness (QED) is 0.675. The number of unbranched alkanes of at least 4 members (excludes halogenated alkanes) is 1. The smallest absolute Gasteiger partial charge is 0.160 e. The third-order valence-corrected chi connectivity index (χ3v) is 3.06. The van der Waals surface area contributed by atoms with E-state index in [1.807, 2.05) is 12.1 Å². The van der Waals surface area contributed by atoms with E-state index in [1.165, 1.54) is 5.56 Å². The highest BCUT2D eigenvalue weighted by atomic mass is 16.5. The Morgan fingerprint density at radius 2 is 1.89 bits per heavy atom. The molecule has 0 spiro atoms. The number of likely N-dealkylation sites (N-methyl/N-ethyl adjacent to an activating group) is 1. The number of nitriles is 1. The SMILES string of the molecule is COc1ccc(CCN(C)CCCC#N)cc1OC. The Hall–Kier alpha value is -1.73. The average Bonchev–Trinajstić information content (AvgIpc) is 2.45. The summed E-state index contributed by atoms with van der Waals surface area (Å²) in [5.41, 5.74) is 1.23. The van der Waals surface area contributed by atoms with Crippen LogP contribution in [0.5, 0.6) is 11.5 Å². The molecule has 0 amide bonds. The second kappa shape index (κ2) is 8.39. The first kappa shape index (κ1) is 15.3. The zero-order valence-electron chi connectivity index (χ0n) is 12.0. The lowest BCUT2D eigenvalue weighted by Crippen LogP contribution is -2.22. The van der Waals surface area contributed by atoms with E-state index in [4.69, 9.17) is 14.7 Å². The fourth-order valence-corrected chi connectivity index (χ4v) is 1.90. The van der Waals surface area contributed by atoms with E-state index in [1.54, 1.807) is 14.2 Å². The molecule has 1 aromatic rings. The van der Waals surface area contributed by atoms with Gasteiger partial charge in [0.15, 0.2) is 11.5 Å². The highest BCUT2D eigenvalue weighted by Gasteiger charge is 2.05. The minimum atomic E-state index is 0.626. The van der Waals surface area contributed by atoms with Gasteiger partial charge in [0.1, 0.15) is 0 Å². The maximum Gasteiger partial charge on any atom is 0.160 e. The number of hydrogen-bond donors (Lipinski definition) is 0. The van der Waals surface area contributed by atoms with Crippen molar-refractivity contribution in [3.8, 4) is 17.6 Å². The monoisotopic (exact) mass is 262 g/mol. The van der Waals surface area contributed by atoms with Gasteiger partial charge in [-0.05, 0) is 44.1 Å². The predicted molar refractivity (Wildman–Crippen MR) is 75.6 cm³/mol. The van der Waals surface area contributed by atoms with Crippen molar-refractivity contribution < 1.29 is 9.47 Å². The summed E-state index contributed by atoms with van der Waals surface area (Å²) in [7, 11) is 5.37. The summed E-state index contributed by atoms with van der Waals surface area (Å²) >= 11 is 0. The van der Waals surface area contributed by atoms with E-state index in [-0.39, 0.29) is 0 Å². The van der Waals surface area contributed by atoms with Crippen LogP contribution in [-0.4, -0.2) is 39.3 Å². The molecule has 1 aromatic carbocycles. The van der Waals surface area contributed by atoms with E-state index in [2.05, 4.69) is 24.1 Å². The standard InChI is InChI=1S/C15H22N2O2/c1-17(10-5-4-9-16)11-8-13-6-7-14(18-2)15(12-13)19-3/h6-7,12H,4-5,8,10-11H2,1-3H3. The van der Waals surface area contributed by atoms with E-state index < -0.39 is 0 Å². The number of rotatable bonds is 8. The van der Waals surface area contributed by atoms with Crippen LogP contribution < -0.4 is 9.47 Å². The first-order valence-electron chi connectivity index (χ1n) is 6.47. The molecule has 0 N–H and O–H groups in total. The maximum absolute atomic E-state index is 8.50. The van der Waals surface area contributed by atoms with Gasteiger partial charge < -0.3 is 14.4 Å². The van der Waals surface area contributed by atoms with Crippen molar-refractivity contribution in [3.05, 3.63) is 23.8 Å². The normalized spacial score (nSPS) is 10.3. The zero-order chi connectivity index (χ0) is 14.1. The van der Waals surface area contributed by atoms with E-state index in [0.717, 1.165) is 37.4 Å². The Morgan fingerprint density at radius 3 is 2.53 bits per heavy atom.